The van der Waals surface area contributed by atoms with Crippen molar-refractivity contribution in [3.05, 3.63) is 30.1 Å². The normalized spacial score (nSPS) is 16.4. The molecule has 3 N–H and O–H groups in total. The van der Waals surface area contributed by atoms with E-state index in [1.807, 2.05) is 6.92 Å². The molecule has 1 aromatic rings. The van der Waals surface area contributed by atoms with Gasteiger partial charge in [-0.25, -0.2) is 4.39 Å². The molecule has 1 unspecified atom stereocenters. The van der Waals surface area contributed by atoms with Crippen molar-refractivity contribution in [3.63, 3.8) is 0 Å². The fourth-order valence-electron chi connectivity index (χ4n) is 1.71. The van der Waals surface area contributed by atoms with Crippen LogP contribution in [0.15, 0.2) is 29.3 Å². The lowest BCUT2D eigenvalue weighted by molar-refractivity contribution is 0.114. The van der Waals surface area contributed by atoms with E-state index >= 15 is 0 Å². The van der Waals surface area contributed by atoms with Crippen molar-refractivity contribution in [2.24, 2.45) is 4.99 Å². The predicted molar refractivity (Wildman–Crippen MR) is 80.0 cm³/mol. The third kappa shape index (κ3) is 5.99. The number of ether oxygens (including phenoxy) is 1. The van der Waals surface area contributed by atoms with Crippen LogP contribution in [0.2, 0.25) is 0 Å². The van der Waals surface area contributed by atoms with Gasteiger partial charge in [0, 0.05) is 12.6 Å². The molecule has 1 aliphatic carbocycles. The molecule has 116 valence electrons. The van der Waals surface area contributed by atoms with Gasteiger partial charge in [0.2, 0.25) is 0 Å². The fourth-order valence-corrected chi connectivity index (χ4v) is 1.71. The Labute approximate surface area is 124 Å². The first-order valence-electron chi connectivity index (χ1n) is 7.28. The minimum atomic E-state index is -0.704. The van der Waals surface area contributed by atoms with Crippen LogP contribution in [0, 0.1) is 5.82 Å². The van der Waals surface area contributed by atoms with Gasteiger partial charge >= 0.3 is 0 Å². The molecule has 0 amide bonds. The van der Waals surface area contributed by atoms with E-state index in [4.69, 9.17) is 4.74 Å². The fraction of sp³-hybridized carbons (Fsp3) is 0.533. The highest BCUT2D eigenvalue weighted by atomic mass is 19.1. The highest BCUT2D eigenvalue weighted by Gasteiger charge is 2.22. The Balaban J connectivity index is 1.74. The molecule has 1 aliphatic rings. The van der Waals surface area contributed by atoms with Gasteiger partial charge in [0.25, 0.3) is 0 Å². The van der Waals surface area contributed by atoms with Crippen molar-refractivity contribution in [2.45, 2.75) is 31.9 Å². The maximum atomic E-state index is 12.7. The molecule has 1 fully saturated rings. The van der Waals surface area contributed by atoms with Crippen LogP contribution >= 0.6 is 0 Å². The number of halogens is 1. The van der Waals surface area contributed by atoms with E-state index in [0.717, 1.165) is 12.5 Å². The molecule has 0 heterocycles. The Hall–Kier alpha value is -1.82. The van der Waals surface area contributed by atoms with E-state index in [-0.39, 0.29) is 19.0 Å². The Bertz CT molecular complexity index is 460. The molecule has 0 saturated heterocycles. The highest BCUT2D eigenvalue weighted by molar-refractivity contribution is 5.80. The number of nitrogens with zero attached hydrogens (tertiary/aromatic N) is 1. The van der Waals surface area contributed by atoms with Gasteiger partial charge in [-0.15, -0.1) is 0 Å². The maximum Gasteiger partial charge on any atom is 0.191 e. The first kappa shape index (κ1) is 15.6. The smallest absolute Gasteiger partial charge is 0.191 e. The summed E-state index contributed by atoms with van der Waals surface area (Å²) in [7, 11) is 0. The van der Waals surface area contributed by atoms with Crippen LogP contribution in [0.25, 0.3) is 0 Å². The van der Waals surface area contributed by atoms with Crippen molar-refractivity contribution in [3.8, 4) is 5.75 Å². The summed E-state index contributed by atoms with van der Waals surface area (Å²) >= 11 is 0. The minimum absolute atomic E-state index is 0.123. The lowest BCUT2D eigenvalue weighted by atomic mass is 10.3. The molecule has 6 heteroatoms. The number of aliphatic imine (C=N–C) groups is 1. The SMILES string of the molecule is CCNC(=NCC(O)COc1ccc(F)cc1)NC1CC1. The van der Waals surface area contributed by atoms with Crippen LogP contribution in [0.4, 0.5) is 4.39 Å². The summed E-state index contributed by atoms with van der Waals surface area (Å²) in [4.78, 5) is 4.32. The van der Waals surface area contributed by atoms with Gasteiger partial charge in [-0.2, -0.15) is 0 Å². The van der Waals surface area contributed by atoms with Crippen molar-refractivity contribution in [2.75, 3.05) is 19.7 Å². The van der Waals surface area contributed by atoms with Gasteiger partial charge < -0.3 is 20.5 Å². The maximum absolute atomic E-state index is 12.7. The summed E-state index contributed by atoms with van der Waals surface area (Å²) in [5.74, 6) is 0.942. The Kier molecular flexibility index (Phi) is 5.80. The molecule has 1 saturated carbocycles. The number of nitrogens with one attached hydrogen (secondary N) is 2. The van der Waals surface area contributed by atoms with Crippen molar-refractivity contribution < 1.29 is 14.2 Å². The predicted octanol–water partition coefficient (Wildman–Crippen LogP) is 1.28. The first-order chi connectivity index (χ1) is 10.2. The van der Waals surface area contributed by atoms with E-state index in [0.29, 0.717) is 11.8 Å². The Morgan fingerprint density at radius 1 is 1.43 bits per heavy atom. The number of aliphatic hydroxyl groups is 1. The number of rotatable bonds is 7. The van der Waals surface area contributed by atoms with E-state index in [1.54, 1.807) is 0 Å². The number of guanidine groups is 1. The standard InChI is InChI=1S/C15H22FN3O2/c1-2-17-15(19-12-5-6-12)18-9-13(20)10-21-14-7-3-11(16)4-8-14/h3-4,7-8,12-13,20H,2,5-6,9-10H2,1H3,(H2,17,18,19). The average Bonchev–Trinajstić information content (AvgIpc) is 3.28. The molecule has 0 aliphatic heterocycles. The average molecular weight is 295 g/mol. The van der Waals surface area contributed by atoms with Crippen LogP contribution in [0.5, 0.6) is 5.75 Å². The van der Waals surface area contributed by atoms with Crippen molar-refractivity contribution in [1.29, 1.82) is 0 Å². The van der Waals surface area contributed by atoms with Crippen LogP contribution in [-0.2, 0) is 0 Å². The van der Waals surface area contributed by atoms with Crippen molar-refractivity contribution >= 4 is 5.96 Å². The molecular formula is C15H22FN3O2. The van der Waals surface area contributed by atoms with Gasteiger partial charge in [-0.1, -0.05) is 0 Å². The lowest BCUT2D eigenvalue weighted by Crippen LogP contribution is -2.39. The molecular weight excluding hydrogens is 273 g/mol. The van der Waals surface area contributed by atoms with Gasteiger partial charge in [-0.3, -0.25) is 4.99 Å². The van der Waals surface area contributed by atoms with E-state index in [9.17, 15) is 9.50 Å². The van der Waals surface area contributed by atoms with Crippen LogP contribution in [-0.4, -0.2) is 42.9 Å². The zero-order valence-electron chi connectivity index (χ0n) is 12.2. The summed E-state index contributed by atoms with van der Waals surface area (Å²) in [5, 5.41) is 16.3. The first-order valence-corrected chi connectivity index (χ1v) is 7.28. The molecule has 5 nitrogen and oxygen atoms in total. The monoisotopic (exact) mass is 295 g/mol. The Morgan fingerprint density at radius 2 is 2.14 bits per heavy atom. The molecule has 21 heavy (non-hydrogen) atoms. The second-order valence-corrected chi connectivity index (χ2v) is 5.06. The zero-order chi connectivity index (χ0) is 15.1. The van der Waals surface area contributed by atoms with Crippen LogP contribution in [0.3, 0.4) is 0 Å². The minimum Gasteiger partial charge on any atom is -0.491 e. The zero-order valence-corrected chi connectivity index (χ0v) is 12.2. The molecule has 1 atom stereocenters. The molecule has 0 radical (unpaired) electrons. The molecule has 0 spiro atoms. The molecule has 0 aromatic heterocycles. The topological polar surface area (TPSA) is 65.9 Å². The number of aliphatic hydroxyl groups excluding tert-OH is 1. The van der Waals surface area contributed by atoms with Crippen molar-refractivity contribution in [1.82, 2.24) is 10.6 Å². The largest absolute Gasteiger partial charge is 0.491 e. The van der Waals surface area contributed by atoms with Gasteiger partial charge in [0.05, 0.1) is 6.54 Å². The summed E-state index contributed by atoms with van der Waals surface area (Å²) in [6.45, 7) is 3.15. The van der Waals surface area contributed by atoms with Gasteiger partial charge in [-0.05, 0) is 44.0 Å². The molecule has 1 aromatic carbocycles. The summed E-state index contributed by atoms with van der Waals surface area (Å²) in [6.07, 6.45) is 1.63. The number of hydrogen-bond acceptors (Lipinski definition) is 3. The van der Waals surface area contributed by atoms with Crippen LogP contribution in [0.1, 0.15) is 19.8 Å². The number of benzene rings is 1. The van der Waals surface area contributed by atoms with E-state index in [2.05, 4.69) is 15.6 Å². The second-order valence-electron chi connectivity index (χ2n) is 5.06. The van der Waals surface area contributed by atoms with E-state index in [1.165, 1.54) is 37.1 Å². The van der Waals surface area contributed by atoms with Gasteiger partial charge in [0.1, 0.15) is 24.3 Å². The molecule has 2 rings (SSSR count). The second kappa shape index (κ2) is 7.83. The summed E-state index contributed by atoms with van der Waals surface area (Å²) in [5.41, 5.74) is 0. The third-order valence-corrected chi connectivity index (χ3v) is 2.98. The third-order valence-electron chi connectivity index (χ3n) is 2.98. The summed E-state index contributed by atoms with van der Waals surface area (Å²) in [6, 6.07) is 6.22. The van der Waals surface area contributed by atoms with E-state index < -0.39 is 6.10 Å². The summed E-state index contributed by atoms with van der Waals surface area (Å²) < 4.78 is 18.1. The highest BCUT2D eigenvalue weighted by Crippen LogP contribution is 2.18. The van der Waals surface area contributed by atoms with Gasteiger partial charge in [0.15, 0.2) is 5.96 Å². The molecule has 0 bridgehead atoms. The lowest BCUT2D eigenvalue weighted by Gasteiger charge is -2.13. The number of hydrogen-bond donors (Lipinski definition) is 3. The quantitative estimate of drug-likeness (QED) is 0.524. The van der Waals surface area contributed by atoms with Crippen LogP contribution < -0.4 is 15.4 Å². The Morgan fingerprint density at radius 3 is 2.76 bits per heavy atom.